The van der Waals surface area contributed by atoms with E-state index in [9.17, 15) is 4.79 Å². The number of rotatable bonds is 2. The second kappa shape index (κ2) is 5.27. The average Bonchev–Trinajstić information content (AvgIpc) is 2.88. The Morgan fingerprint density at radius 3 is 2.95 bits per heavy atom. The molecule has 0 aliphatic heterocycles. The minimum Gasteiger partial charge on any atom is -0.331 e. The molecule has 0 radical (unpaired) electrons. The fourth-order valence-corrected chi connectivity index (χ4v) is 3.69. The molecule has 2 heterocycles. The maximum Gasteiger partial charge on any atom is 0.276 e. The second-order valence-corrected chi connectivity index (χ2v) is 6.58. The van der Waals surface area contributed by atoms with Crippen LogP contribution in [0.5, 0.6) is 0 Å². The first-order chi connectivity index (χ1) is 9.61. The van der Waals surface area contributed by atoms with Crippen LogP contribution < -0.4 is 5.56 Å². The van der Waals surface area contributed by atoms with Gasteiger partial charge in [-0.05, 0) is 53.8 Å². The van der Waals surface area contributed by atoms with E-state index in [1.807, 2.05) is 29.6 Å². The lowest BCUT2D eigenvalue weighted by molar-refractivity contribution is 0.918. The standard InChI is InChI=1S/C14H11BrN2OS2/c1-2-8-7-9(15)3-4-11(8)17-13(18)12-10(5-6-20-12)16-14(17)19/h3-7H,2H2,1H3,(H,16,19). The Hall–Kier alpha value is -1.24. The number of hydrogen-bond acceptors (Lipinski definition) is 3. The van der Waals surface area contributed by atoms with E-state index in [0.717, 1.165) is 27.7 Å². The Balaban J connectivity index is 2.40. The van der Waals surface area contributed by atoms with Crippen LogP contribution in [0.4, 0.5) is 0 Å². The van der Waals surface area contributed by atoms with Gasteiger partial charge in [-0.3, -0.25) is 9.36 Å². The number of nitrogens with zero attached hydrogens (tertiary/aromatic N) is 1. The Bertz CT molecular complexity index is 907. The zero-order chi connectivity index (χ0) is 14.3. The average molecular weight is 367 g/mol. The SMILES string of the molecule is CCc1cc(Br)ccc1-n1c(=S)[nH]c2ccsc2c1=O. The molecular weight excluding hydrogens is 356 g/mol. The molecule has 2 aromatic heterocycles. The van der Waals surface area contributed by atoms with Crippen LogP contribution in [0.15, 0.2) is 38.9 Å². The number of benzene rings is 1. The van der Waals surface area contributed by atoms with Gasteiger partial charge in [-0.2, -0.15) is 0 Å². The lowest BCUT2D eigenvalue weighted by Crippen LogP contribution is -2.20. The van der Waals surface area contributed by atoms with E-state index in [1.54, 1.807) is 4.57 Å². The van der Waals surface area contributed by atoms with Crippen LogP contribution in [0.3, 0.4) is 0 Å². The van der Waals surface area contributed by atoms with Gasteiger partial charge in [0.1, 0.15) is 4.70 Å². The molecule has 0 aliphatic carbocycles. The van der Waals surface area contributed by atoms with Crippen LogP contribution in [0, 0.1) is 4.77 Å². The molecule has 0 fully saturated rings. The number of aryl methyl sites for hydroxylation is 1. The van der Waals surface area contributed by atoms with Gasteiger partial charge in [0.2, 0.25) is 0 Å². The number of fused-ring (bicyclic) bond motifs is 1. The second-order valence-electron chi connectivity index (χ2n) is 4.36. The Kier molecular flexibility index (Phi) is 3.62. The number of aromatic amines is 1. The summed E-state index contributed by atoms with van der Waals surface area (Å²) >= 11 is 10.2. The molecule has 20 heavy (non-hydrogen) atoms. The minimum atomic E-state index is -0.0595. The molecule has 0 atom stereocenters. The van der Waals surface area contributed by atoms with Gasteiger partial charge in [-0.1, -0.05) is 22.9 Å². The normalized spacial score (nSPS) is 11.1. The van der Waals surface area contributed by atoms with Crippen molar-refractivity contribution in [3.63, 3.8) is 0 Å². The predicted molar refractivity (Wildman–Crippen MR) is 89.7 cm³/mol. The van der Waals surface area contributed by atoms with Crippen molar-refractivity contribution in [1.82, 2.24) is 9.55 Å². The predicted octanol–water partition coefficient (Wildman–Crippen LogP) is 4.43. The number of H-pyrrole nitrogens is 1. The fourth-order valence-electron chi connectivity index (χ4n) is 2.21. The molecule has 3 nitrogen and oxygen atoms in total. The highest BCUT2D eigenvalue weighted by atomic mass is 79.9. The van der Waals surface area contributed by atoms with E-state index in [0.29, 0.717) is 9.47 Å². The fraction of sp³-hybridized carbons (Fsp3) is 0.143. The highest BCUT2D eigenvalue weighted by Crippen LogP contribution is 2.22. The number of thiophene rings is 1. The molecule has 0 aliphatic rings. The summed E-state index contributed by atoms with van der Waals surface area (Å²) in [5.41, 5.74) is 2.67. The molecule has 1 N–H and O–H groups in total. The third-order valence-electron chi connectivity index (χ3n) is 3.17. The molecule has 0 bridgehead atoms. The van der Waals surface area contributed by atoms with Crippen molar-refractivity contribution in [2.75, 3.05) is 0 Å². The third kappa shape index (κ3) is 2.17. The summed E-state index contributed by atoms with van der Waals surface area (Å²) in [6.07, 6.45) is 0.832. The summed E-state index contributed by atoms with van der Waals surface area (Å²) in [6.45, 7) is 2.06. The first-order valence-corrected chi connectivity index (χ1v) is 8.21. The van der Waals surface area contributed by atoms with Gasteiger partial charge in [0, 0.05) is 4.47 Å². The van der Waals surface area contributed by atoms with Crippen LogP contribution in [0.25, 0.3) is 15.9 Å². The molecule has 0 saturated heterocycles. The zero-order valence-electron chi connectivity index (χ0n) is 10.6. The van der Waals surface area contributed by atoms with Gasteiger partial charge in [0.15, 0.2) is 4.77 Å². The van der Waals surface area contributed by atoms with Gasteiger partial charge in [0.25, 0.3) is 5.56 Å². The van der Waals surface area contributed by atoms with Crippen LogP contribution in [-0.2, 0) is 6.42 Å². The summed E-state index contributed by atoms with van der Waals surface area (Å²) in [4.78, 5) is 15.8. The van der Waals surface area contributed by atoms with Crippen molar-refractivity contribution >= 4 is 49.7 Å². The molecule has 0 unspecified atom stereocenters. The lowest BCUT2D eigenvalue weighted by Gasteiger charge is -2.11. The zero-order valence-corrected chi connectivity index (χ0v) is 13.9. The summed E-state index contributed by atoms with van der Waals surface area (Å²) < 4.78 is 3.71. The minimum absolute atomic E-state index is 0.0595. The Morgan fingerprint density at radius 2 is 2.20 bits per heavy atom. The van der Waals surface area contributed by atoms with Gasteiger partial charge < -0.3 is 4.98 Å². The van der Waals surface area contributed by atoms with E-state index < -0.39 is 0 Å². The van der Waals surface area contributed by atoms with Gasteiger partial charge in [-0.15, -0.1) is 11.3 Å². The van der Waals surface area contributed by atoms with E-state index in [-0.39, 0.29) is 5.56 Å². The Labute approximate surface area is 133 Å². The van der Waals surface area contributed by atoms with Crippen molar-refractivity contribution in [2.24, 2.45) is 0 Å². The topological polar surface area (TPSA) is 37.8 Å². The van der Waals surface area contributed by atoms with Gasteiger partial charge in [-0.25, -0.2) is 0 Å². The molecular formula is C14H11BrN2OS2. The van der Waals surface area contributed by atoms with Crippen LogP contribution >= 0.6 is 39.5 Å². The summed E-state index contributed by atoms with van der Waals surface area (Å²) in [6, 6.07) is 7.75. The maximum atomic E-state index is 12.6. The molecule has 0 spiro atoms. The van der Waals surface area contributed by atoms with E-state index in [2.05, 4.69) is 27.8 Å². The molecule has 3 aromatic rings. The number of nitrogens with one attached hydrogen (secondary N) is 1. The molecule has 3 rings (SSSR count). The monoisotopic (exact) mass is 366 g/mol. The highest BCUT2D eigenvalue weighted by Gasteiger charge is 2.11. The van der Waals surface area contributed by atoms with Gasteiger partial charge >= 0.3 is 0 Å². The quantitative estimate of drug-likeness (QED) is 0.681. The molecule has 102 valence electrons. The first kappa shape index (κ1) is 13.7. The Morgan fingerprint density at radius 1 is 1.40 bits per heavy atom. The van der Waals surface area contributed by atoms with Crippen LogP contribution in [0.2, 0.25) is 0 Å². The lowest BCUT2D eigenvalue weighted by atomic mass is 10.1. The van der Waals surface area contributed by atoms with Crippen LogP contribution in [0.1, 0.15) is 12.5 Å². The van der Waals surface area contributed by atoms with Crippen molar-refractivity contribution < 1.29 is 0 Å². The highest BCUT2D eigenvalue weighted by molar-refractivity contribution is 9.10. The number of aromatic nitrogens is 2. The van der Waals surface area contributed by atoms with E-state index in [1.165, 1.54) is 11.3 Å². The van der Waals surface area contributed by atoms with Crippen molar-refractivity contribution in [3.05, 3.63) is 54.8 Å². The molecule has 6 heteroatoms. The molecule has 0 saturated carbocycles. The summed E-state index contributed by atoms with van der Waals surface area (Å²) in [5, 5.41) is 1.89. The van der Waals surface area contributed by atoms with Crippen molar-refractivity contribution in [3.8, 4) is 5.69 Å². The number of halogens is 1. The largest absolute Gasteiger partial charge is 0.331 e. The van der Waals surface area contributed by atoms with Crippen molar-refractivity contribution in [2.45, 2.75) is 13.3 Å². The summed E-state index contributed by atoms with van der Waals surface area (Å²) in [5.74, 6) is 0. The van der Waals surface area contributed by atoms with Gasteiger partial charge in [0.05, 0.1) is 11.2 Å². The smallest absolute Gasteiger partial charge is 0.276 e. The number of hydrogen-bond donors (Lipinski definition) is 1. The maximum absolute atomic E-state index is 12.6. The molecule has 0 amide bonds. The van der Waals surface area contributed by atoms with E-state index in [4.69, 9.17) is 12.2 Å². The first-order valence-electron chi connectivity index (χ1n) is 6.13. The van der Waals surface area contributed by atoms with Crippen molar-refractivity contribution in [1.29, 1.82) is 0 Å². The van der Waals surface area contributed by atoms with E-state index >= 15 is 0 Å². The third-order valence-corrected chi connectivity index (χ3v) is 4.85. The van der Waals surface area contributed by atoms with Crippen LogP contribution in [-0.4, -0.2) is 9.55 Å². The molecule has 1 aromatic carbocycles. The summed E-state index contributed by atoms with van der Waals surface area (Å²) in [7, 11) is 0.